The molecule has 0 bridgehead atoms. The Labute approximate surface area is 143 Å². The summed E-state index contributed by atoms with van der Waals surface area (Å²) in [5.74, 6) is 0.310. The van der Waals surface area contributed by atoms with Crippen LogP contribution >= 0.6 is 0 Å². The van der Waals surface area contributed by atoms with E-state index in [-0.39, 0.29) is 23.0 Å². The summed E-state index contributed by atoms with van der Waals surface area (Å²) in [5.41, 5.74) is 0.675. The minimum atomic E-state index is -3.74. The van der Waals surface area contributed by atoms with Gasteiger partial charge in [-0.05, 0) is 44.7 Å². The molecule has 1 aliphatic heterocycles. The van der Waals surface area contributed by atoms with Crippen LogP contribution in [0.2, 0.25) is 0 Å². The van der Waals surface area contributed by atoms with Crippen molar-refractivity contribution in [3.63, 3.8) is 0 Å². The zero-order valence-electron chi connectivity index (χ0n) is 14.0. The fourth-order valence-electron chi connectivity index (χ4n) is 3.60. The molecule has 1 aliphatic carbocycles. The second-order valence-electron chi connectivity index (χ2n) is 6.93. The molecular weight excluding hydrogens is 328 g/mol. The molecule has 2 atom stereocenters. The van der Waals surface area contributed by atoms with Crippen LogP contribution in [-0.4, -0.2) is 33.5 Å². The summed E-state index contributed by atoms with van der Waals surface area (Å²) >= 11 is 0. The van der Waals surface area contributed by atoms with Crippen LogP contribution in [0.15, 0.2) is 29.2 Å². The summed E-state index contributed by atoms with van der Waals surface area (Å²) < 4.78 is 35.2. The van der Waals surface area contributed by atoms with Gasteiger partial charge in [-0.15, -0.1) is 0 Å². The highest BCUT2D eigenvalue weighted by molar-refractivity contribution is 7.86. The topological polar surface area (TPSA) is 69.7 Å². The van der Waals surface area contributed by atoms with E-state index in [0.717, 1.165) is 24.8 Å². The number of carbonyl (C=O) groups excluding carboxylic acids is 1. The molecule has 2 fully saturated rings. The molecular formula is C18H24O5S. The Morgan fingerprint density at radius 3 is 2.71 bits per heavy atom. The van der Waals surface area contributed by atoms with Crippen LogP contribution in [0, 0.1) is 12.3 Å². The molecule has 1 saturated carbocycles. The summed E-state index contributed by atoms with van der Waals surface area (Å²) in [6, 6.07) is 6.59. The van der Waals surface area contributed by atoms with E-state index < -0.39 is 10.1 Å². The van der Waals surface area contributed by atoms with Gasteiger partial charge in [0.25, 0.3) is 10.1 Å². The average Bonchev–Trinajstić information content (AvgIpc) is 2.95. The van der Waals surface area contributed by atoms with E-state index in [1.807, 2.05) is 6.92 Å². The van der Waals surface area contributed by atoms with Crippen molar-refractivity contribution in [1.82, 2.24) is 0 Å². The number of ketones is 1. The fourth-order valence-corrected chi connectivity index (χ4v) is 4.52. The first-order valence-corrected chi connectivity index (χ1v) is 9.93. The zero-order chi connectivity index (χ0) is 17.2. The second-order valence-corrected chi connectivity index (χ2v) is 8.54. The maximum Gasteiger partial charge on any atom is 0.296 e. The van der Waals surface area contributed by atoms with Crippen molar-refractivity contribution in [2.24, 2.45) is 5.41 Å². The van der Waals surface area contributed by atoms with E-state index in [1.165, 1.54) is 0 Å². The van der Waals surface area contributed by atoms with Gasteiger partial charge in [0.15, 0.2) is 0 Å². The van der Waals surface area contributed by atoms with Crippen molar-refractivity contribution in [1.29, 1.82) is 0 Å². The standard InChI is InChI=1S/C18H24O5S/c1-14-5-7-16(8-6-14)24(20,21)23-11-9-15-12-18(13-22-15)10-3-2-4-17(18)19/h5-8,15H,2-4,9-13H2,1H3. The molecule has 2 aliphatic rings. The van der Waals surface area contributed by atoms with Crippen LogP contribution in [0.1, 0.15) is 44.1 Å². The molecule has 24 heavy (non-hydrogen) atoms. The first-order chi connectivity index (χ1) is 11.4. The Morgan fingerprint density at radius 2 is 2.00 bits per heavy atom. The third kappa shape index (κ3) is 3.71. The molecule has 1 spiro atoms. The quantitative estimate of drug-likeness (QED) is 0.762. The van der Waals surface area contributed by atoms with Gasteiger partial charge in [-0.2, -0.15) is 8.42 Å². The Hall–Kier alpha value is -1.24. The number of carbonyl (C=O) groups is 1. The van der Waals surface area contributed by atoms with E-state index in [9.17, 15) is 13.2 Å². The maximum absolute atomic E-state index is 12.2. The van der Waals surface area contributed by atoms with Gasteiger partial charge in [0.2, 0.25) is 0 Å². The molecule has 1 aromatic rings. The molecule has 1 heterocycles. The first-order valence-electron chi connectivity index (χ1n) is 8.52. The van der Waals surface area contributed by atoms with Gasteiger partial charge < -0.3 is 4.74 Å². The average molecular weight is 352 g/mol. The molecule has 2 unspecified atom stereocenters. The normalized spacial score (nSPS) is 27.7. The molecule has 0 radical (unpaired) electrons. The molecule has 1 aromatic carbocycles. The smallest absolute Gasteiger partial charge is 0.296 e. The van der Waals surface area contributed by atoms with Crippen molar-refractivity contribution in [2.75, 3.05) is 13.2 Å². The van der Waals surface area contributed by atoms with Gasteiger partial charge in [-0.3, -0.25) is 8.98 Å². The van der Waals surface area contributed by atoms with Crippen LogP contribution < -0.4 is 0 Å². The number of benzene rings is 1. The number of Topliss-reactive ketones (excluding diaryl/α,β-unsaturated/α-hetero) is 1. The number of aryl methyl sites for hydroxylation is 1. The lowest BCUT2D eigenvalue weighted by molar-refractivity contribution is -0.131. The Kier molecular flexibility index (Phi) is 5.08. The zero-order valence-corrected chi connectivity index (χ0v) is 14.8. The summed E-state index contributed by atoms with van der Waals surface area (Å²) in [6.07, 6.45) is 4.67. The van der Waals surface area contributed by atoms with Crippen molar-refractivity contribution >= 4 is 15.9 Å². The predicted octanol–water partition coefficient (Wildman–Crippen LogP) is 3.01. The van der Waals surface area contributed by atoms with Crippen molar-refractivity contribution in [3.05, 3.63) is 29.8 Å². The van der Waals surface area contributed by atoms with Crippen molar-refractivity contribution in [2.45, 2.75) is 56.4 Å². The van der Waals surface area contributed by atoms with Crippen molar-refractivity contribution < 1.29 is 22.1 Å². The van der Waals surface area contributed by atoms with Crippen molar-refractivity contribution in [3.8, 4) is 0 Å². The van der Waals surface area contributed by atoms with E-state index in [0.29, 0.717) is 31.7 Å². The van der Waals surface area contributed by atoms with Gasteiger partial charge in [0.05, 0.1) is 29.6 Å². The molecule has 6 heteroatoms. The van der Waals surface area contributed by atoms with Gasteiger partial charge in [-0.1, -0.05) is 24.1 Å². The highest BCUT2D eigenvalue weighted by atomic mass is 32.2. The van der Waals surface area contributed by atoms with Crippen LogP contribution in [0.5, 0.6) is 0 Å². The van der Waals surface area contributed by atoms with E-state index in [2.05, 4.69) is 0 Å². The summed E-state index contributed by atoms with van der Waals surface area (Å²) in [5, 5.41) is 0. The number of rotatable bonds is 5. The lowest BCUT2D eigenvalue weighted by atomic mass is 9.71. The fraction of sp³-hybridized carbons (Fsp3) is 0.611. The maximum atomic E-state index is 12.2. The van der Waals surface area contributed by atoms with Crippen LogP contribution in [-0.2, 0) is 23.8 Å². The molecule has 5 nitrogen and oxygen atoms in total. The van der Waals surface area contributed by atoms with Gasteiger partial charge >= 0.3 is 0 Å². The summed E-state index contributed by atoms with van der Waals surface area (Å²) in [7, 11) is -3.74. The Balaban J connectivity index is 1.52. The second kappa shape index (κ2) is 6.94. The van der Waals surface area contributed by atoms with E-state index >= 15 is 0 Å². The van der Waals surface area contributed by atoms with Gasteiger partial charge in [0.1, 0.15) is 5.78 Å². The third-order valence-corrected chi connectivity index (χ3v) is 6.43. The lowest BCUT2D eigenvalue weighted by Crippen LogP contribution is -2.34. The predicted molar refractivity (Wildman–Crippen MR) is 89.2 cm³/mol. The SMILES string of the molecule is Cc1ccc(S(=O)(=O)OCCC2CC3(CCCCC3=O)CO2)cc1. The third-order valence-electron chi connectivity index (χ3n) is 5.10. The Morgan fingerprint density at radius 1 is 1.25 bits per heavy atom. The van der Waals surface area contributed by atoms with E-state index in [4.69, 9.17) is 8.92 Å². The largest absolute Gasteiger partial charge is 0.377 e. The highest BCUT2D eigenvalue weighted by Gasteiger charge is 2.46. The summed E-state index contributed by atoms with van der Waals surface area (Å²) in [6.45, 7) is 2.45. The van der Waals surface area contributed by atoms with Crippen LogP contribution in [0.4, 0.5) is 0 Å². The molecule has 3 rings (SSSR count). The Bertz CT molecular complexity index is 695. The van der Waals surface area contributed by atoms with Gasteiger partial charge in [0, 0.05) is 6.42 Å². The number of hydrogen-bond acceptors (Lipinski definition) is 5. The molecule has 0 amide bonds. The minimum Gasteiger partial charge on any atom is -0.377 e. The van der Waals surface area contributed by atoms with Crippen LogP contribution in [0.25, 0.3) is 0 Å². The minimum absolute atomic E-state index is 0.0746. The van der Waals surface area contributed by atoms with E-state index in [1.54, 1.807) is 24.3 Å². The summed E-state index contributed by atoms with van der Waals surface area (Å²) in [4.78, 5) is 12.4. The molecule has 0 aromatic heterocycles. The molecule has 1 saturated heterocycles. The molecule has 0 N–H and O–H groups in total. The van der Waals surface area contributed by atoms with Gasteiger partial charge in [-0.25, -0.2) is 0 Å². The first kappa shape index (κ1) is 17.6. The molecule has 132 valence electrons. The number of ether oxygens (including phenoxy) is 1. The van der Waals surface area contributed by atoms with Crippen LogP contribution in [0.3, 0.4) is 0 Å². The number of hydrogen-bond donors (Lipinski definition) is 0. The monoisotopic (exact) mass is 352 g/mol. The highest BCUT2D eigenvalue weighted by Crippen LogP contribution is 2.43. The lowest BCUT2D eigenvalue weighted by Gasteiger charge is -2.30.